The van der Waals surface area contributed by atoms with E-state index in [0.717, 1.165) is 25.2 Å². The number of aryl methyl sites for hydroxylation is 1. The number of rotatable bonds is 3. The molecule has 0 unspecified atom stereocenters. The molecule has 0 saturated carbocycles. The molecule has 1 aromatic carbocycles. The molecule has 0 aromatic heterocycles. The summed E-state index contributed by atoms with van der Waals surface area (Å²) in [6, 6.07) is 9.69. The molecule has 1 heterocycles. The molecule has 1 aromatic rings. The highest BCUT2D eigenvalue weighted by Crippen LogP contribution is 2.25. The minimum absolute atomic E-state index is 0.734. The van der Waals surface area contributed by atoms with E-state index in [1.807, 2.05) is 0 Å². The lowest BCUT2D eigenvalue weighted by molar-refractivity contribution is 0.0493. The molecule has 1 aliphatic carbocycles. The first kappa shape index (κ1) is 13.1. The molecule has 0 spiro atoms. The Kier molecular flexibility index (Phi) is 4.19. The van der Waals surface area contributed by atoms with Gasteiger partial charge in [0.05, 0.1) is 0 Å². The van der Waals surface area contributed by atoms with Crippen LogP contribution in [-0.4, -0.2) is 37.7 Å². The Labute approximate surface area is 116 Å². The van der Waals surface area contributed by atoms with Crippen molar-refractivity contribution in [2.45, 2.75) is 38.1 Å². The van der Waals surface area contributed by atoms with E-state index >= 15 is 0 Å². The van der Waals surface area contributed by atoms with Crippen LogP contribution in [0.4, 0.5) is 0 Å². The molecule has 1 saturated heterocycles. The fourth-order valence-corrected chi connectivity index (χ4v) is 3.54. The Hall–Kier alpha value is -0.860. The van der Waals surface area contributed by atoms with E-state index in [1.165, 1.54) is 38.6 Å². The maximum atomic E-state index is 5.45. The number of hydrogen-bond donors (Lipinski definition) is 0. The van der Waals surface area contributed by atoms with E-state index in [1.54, 1.807) is 11.1 Å². The second kappa shape index (κ2) is 6.06. The number of nitrogens with zero attached hydrogens (tertiary/aromatic N) is 1. The van der Waals surface area contributed by atoms with Crippen molar-refractivity contribution in [1.82, 2.24) is 4.90 Å². The Morgan fingerprint density at radius 3 is 2.63 bits per heavy atom. The summed E-state index contributed by atoms with van der Waals surface area (Å²) < 4.78 is 5.45. The minimum atomic E-state index is 0.734. The highest BCUT2D eigenvalue weighted by atomic mass is 16.5. The Bertz CT molecular complexity index is 411. The molecule has 1 fully saturated rings. The SMILES string of the molecule is CN(CC1CCOCC1)[C@H]1CCc2ccccc2C1. The Morgan fingerprint density at radius 2 is 1.84 bits per heavy atom. The topological polar surface area (TPSA) is 12.5 Å². The molecule has 1 aliphatic heterocycles. The highest BCUT2D eigenvalue weighted by molar-refractivity contribution is 5.30. The van der Waals surface area contributed by atoms with E-state index in [0.29, 0.717) is 0 Å². The van der Waals surface area contributed by atoms with Crippen LogP contribution >= 0.6 is 0 Å². The average molecular weight is 259 g/mol. The van der Waals surface area contributed by atoms with Gasteiger partial charge in [-0.25, -0.2) is 0 Å². The molecular formula is C17H25NO. The standard InChI is InChI=1S/C17H25NO/c1-18(13-14-8-10-19-11-9-14)17-7-6-15-4-2-3-5-16(15)12-17/h2-5,14,17H,6-13H2,1H3/t17-/m0/s1. The van der Waals surface area contributed by atoms with Gasteiger partial charge in [-0.2, -0.15) is 0 Å². The van der Waals surface area contributed by atoms with Crippen molar-refractivity contribution < 1.29 is 4.74 Å². The molecule has 2 nitrogen and oxygen atoms in total. The van der Waals surface area contributed by atoms with Gasteiger partial charge < -0.3 is 9.64 Å². The van der Waals surface area contributed by atoms with Crippen LogP contribution in [0.15, 0.2) is 24.3 Å². The van der Waals surface area contributed by atoms with Gasteiger partial charge in [-0.1, -0.05) is 24.3 Å². The van der Waals surface area contributed by atoms with Gasteiger partial charge in [0.2, 0.25) is 0 Å². The Morgan fingerprint density at radius 1 is 1.11 bits per heavy atom. The zero-order chi connectivity index (χ0) is 13.1. The van der Waals surface area contributed by atoms with Gasteiger partial charge in [0, 0.05) is 25.8 Å². The van der Waals surface area contributed by atoms with E-state index in [9.17, 15) is 0 Å². The van der Waals surface area contributed by atoms with Gasteiger partial charge in [-0.05, 0) is 56.2 Å². The van der Waals surface area contributed by atoms with Crippen LogP contribution in [0.1, 0.15) is 30.4 Å². The van der Waals surface area contributed by atoms with E-state index < -0.39 is 0 Å². The quantitative estimate of drug-likeness (QED) is 0.827. The first-order valence-corrected chi connectivity index (χ1v) is 7.67. The van der Waals surface area contributed by atoms with Crippen LogP contribution in [-0.2, 0) is 17.6 Å². The molecule has 0 amide bonds. The molecule has 19 heavy (non-hydrogen) atoms. The van der Waals surface area contributed by atoms with Crippen LogP contribution in [0.3, 0.4) is 0 Å². The van der Waals surface area contributed by atoms with Crippen molar-refractivity contribution in [3.8, 4) is 0 Å². The fraction of sp³-hybridized carbons (Fsp3) is 0.647. The van der Waals surface area contributed by atoms with Gasteiger partial charge in [-0.3, -0.25) is 0 Å². The van der Waals surface area contributed by atoms with Crippen molar-refractivity contribution in [2.75, 3.05) is 26.8 Å². The summed E-state index contributed by atoms with van der Waals surface area (Å²) >= 11 is 0. The van der Waals surface area contributed by atoms with Crippen molar-refractivity contribution in [2.24, 2.45) is 5.92 Å². The van der Waals surface area contributed by atoms with Crippen LogP contribution in [0.25, 0.3) is 0 Å². The zero-order valence-electron chi connectivity index (χ0n) is 12.0. The lowest BCUT2D eigenvalue weighted by Crippen LogP contribution is -2.40. The van der Waals surface area contributed by atoms with Crippen LogP contribution in [0.5, 0.6) is 0 Å². The molecule has 3 rings (SSSR count). The van der Waals surface area contributed by atoms with Crippen molar-refractivity contribution in [3.05, 3.63) is 35.4 Å². The summed E-state index contributed by atoms with van der Waals surface area (Å²) in [5.41, 5.74) is 3.13. The van der Waals surface area contributed by atoms with E-state index in [-0.39, 0.29) is 0 Å². The highest BCUT2D eigenvalue weighted by Gasteiger charge is 2.24. The number of benzene rings is 1. The number of fused-ring (bicyclic) bond motifs is 1. The summed E-state index contributed by atoms with van der Waals surface area (Å²) in [7, 11) is 2.31. The smallest absolute Gasteiger partial charge is 0.0469 e. The number of likely N-dealkylation sites (N-methyl/N-ethyl adjacent to an activating group) is 1. The van der Waals surface area contributed by atoms with Crippen LogP contribution in [0.2, 0.25) is 0 Å². The second-order valence-electron chi connectivity index (χ2n) is 6.16. The zero-order valence-corrected chi connectivity index (χ0v) is 12.0. The molecule has 104 valence electrons. The molecular weight excluding hydrogens is 234 g/mol. The third-order valence-electron chi connectivity index (χ3n) is 4.83. The third-order valence-corrected chi connectivity index (χ3v) is 4.83. The fourth-order valence-electron chi connectivity index (χ4n) is 3.54. The Balaban J connectivity index is 1.58. The molecule has 1 atom stereocenters. The second-order valence-corrected chi connectivity index (χ2v) is 6.16. The van der Waals surface area contributed by atoms with Gasteiger partial charge in [0.25, 0.3) is 0 Å². The number of ether oxygens (including phenoxy) is 1. The van der Waals surface area contributed by atoms with Crippen LogP contribution in [0, 0.1) is 5.92 Å². The van der Waals surface area contributed by atoms with Crippen molar-refractivity contribution in [3.63, 3.8) is 0 Å². The summed E-state index contributed by atoms with van der Waals surface area (Å²) in [6.07, 6.45) is 6.28. The lowest BCUT2D eigenvalue weighted by Gasteiger charge is -2.35. The predicted molar refractivity (Wildman–Crippen MR) is 78.4 cm³/mol. The van der Waals surface area contributed by atoms with Crippen LogP contribution < -0.4 is 0 Å². The monoisotopic (exact) mass is 259 g/mol. The third kappa shape index (κ3) is 3.18. The lowest BCUT2D eigenvalue weighted by atomic mass is 9.87. The molecule has 0 bridgehead atoms. The molecule has 0 N–H and O–H groups in total. The summed E-state index contributed by atoms with van der Waals surface area (Å²) in [4.78, 5) is 2.60. The maximum Gasteiger partial charge on any atom is 0.0469 e. The van der Waals surface area contributed by atoms with Gasteiger partial charge >= 0.3 is 0 Å². The molecule has 2 heteroatoms. The molecule has 2 aliphatic rings. The minimum Gasteiger partial charge on any atom is -0.381 e. The predicted octanol–water partition coefficient (Wildman–Crippen LogP) is 2.90. The van der Waals surface area contributed by atoms with E-state index in [4.69, 9.17) is 4.74 Å². The summed E-state index contributed by atoms with van der Waals surface area (Å²) in [5.74, 6) is 0.843. The van der Waals surface area contributed by atoms with Gasteiger partial charge in [0.1, 0.15) is 0 Å². The average Bonchev–Trinajstić information content (AvgIpc) is 2.48. The van der Waals surface area contributed by atoms with Crippen molar-refractivity contribution in [1.29, 1.82) is 0 Å². The maximum absolute atomic E-state index is 5.45. The first-order chi connectivity index (χ1) is 9.33. The van der Waals surface area contributed by atoms with Gasteiger partial charge in [-0.15, -0.1) is 0 Å². The summed E-state index contributed by atoms with van der Waals surface area (Å²) in [6.45, 7) is 3.17. The first-order valence-electron chi connectivity index (χ1n) is 7.67. The van der Waals surface area contributed by atoms with Gasteiger partial charge in [0.15, 0.2) is 0 Å². The summed E-state index contributed by atoms with van der Waals surface area (Å²) in [5, 5.41) is 0. The van der Waals surface area contributed by atoms with E-state index in [2.05, 4.69) is 36.2 Å². The molecule has 0 radical (unpaired) electrons. The normalized spacial score (nSPS) is 24.4. The largest absolute Gasteiger partial charge is 0.381 e. The number of hydrogen-bond acceptors (Lipinski definition) is 2. The van der Waals surface area contributed by atoms with Crippen molar-refractivity contribution >= 4 is 0 Å².